The molecule has 2 aromatic heterocycles. The molecule has 2 heterocycles. The third-order valence-electron chi connectivity index (χ3n) is 3.63. The van der Waals surface area contributed by atoms with E-state index in [-0.39, 0.29) is 5.06 Å². The van der Waals surface area contributed by atoms with E-state index in [1.54, 1.807) is 6.07 Å². The van der Waals surface area contributed by atoms with Gasteiger partial charge in [0.15, 0.2) is 5.06 Å². The number of hydrogen-bond acceptors (Lipinski definition) is 4. The highest BCUT2D eigenvalue weighted by Gasteiger charge is 2.16. The number of hydrogen-bond donors (Lipinski definition) is 1. The highest BCUT2D eigenvalue weighted by Crippen LogP contribution is 2.37. The van der Waals surface area contributed by atoms with E-state index in [1.807, 2.05) is 48.9 Å². The number of nitrogens with zero attached hydrogens (tertiary/aromatic N) is 3. The lowest BCUT2D eigenvalue weighted by Crippen LogP contribution is -2.18. The van der Waals surface area contributed by atoms with Crippen LogP contribution in [0.3, 0.4) is 0 Å². The van der Waals surface area contributed by atoms with Gasteiger partial charge < -0.3 is 9.67 Å². The van der Waals surface area contributed by atoms with Crippen molar-refractivity contribution in [3.63, 3.8) is 0 Å². The first-order chi connectivity index (χ1) is 10.7. The van der Waals surface area contributed by atoms with Gasteiger partial charge in [0, 0.05) is 18.7 Å². The molecule has 0 saturated carbocycles. The zero-order valence-electron chi connectivity index (χ0n) is 12.4. The second-order valence-corrected chi connectivity index (χ2v) is 5.95. The molecule has 1 N–H and O–H groups in total. The Hall–Kier alpha value is -2.58. The molecule has 0 fully saturated rings. The third kappa shape index (κ3) is 2.28. The zero-order chi connectivity index (χ0) is 15.7. The molecule has 0 aliphatic carbocycles. The second-order valence-electron chi connectivity index (χ2n) is 4.95. The van der Waals surface area contributed by atoms with Gasteiger partial charge >= 0.3 is 0 Å². The lowest BCUT2D eigenvalue weighted by atomic mass is 10.1. The van der Waals surface area contributed by atoms with Crippen LogP contribution in [0.25, 0.3) is 10.2 Å². The van der Waals surface area contributed by atoms with Crippen LogP contribution < -0.4 is 5.49 Å². The van der Waals surface area contributed by atoms with Crippen LogP contribution in [0.4, 0.5) is 5.69 Å². The molecule has 3 aromatic rings. The van der Waals surface area contributed by atoms with Crippen LogP contribution in [0.2, 0.25) is 0 Å². The van der Waals surface area contributed by atoms with Gasteiger partial charge in [-0.05, 0) is 18.6 Å². The number of aromatic hydroxyl groups is 1. The maximum atomic E-state index is 10.1. The predicted octanol–water partition coefficient (Wildman–Crippen LogP) is 3.61. The van der Waals surface area contributed by atoms with Gasteiger partial charge in [-0.1, -0.05) is 36.5 Å². The van der Waals surface area contributed by atoms with Crippen LogP contribution in [-0.2, 0) is 13.5 Å². The van der Waals surface area contributed by atoms with Crippen molar-refractivity contribution in [3.8, 4) is 11.1 Å². The molecule has 0 aliphatic rings. The Balaban J connectivity index is 2.41. The second kappa shape index (κ2) is 5.66. The Kier molecular flexibility index (Phi) is 3.70. The monoisotopic (exact) mass is 309 g/mol. The molecule has 0 radical (unpaired) electrons. The van der Waals surface area contributed by atoms with Crippen molar-refractivity contribution >= 4 is 27.2 Å². The summed E-state index contributed by atoms with van der Waals surface area (Å²) in [5.74, 6) is 0. The minimum absolute atomic E-state index is 0.279. The number of aryl methyl sites for hydroxylation is 2. The molecule has 0 atom stereocenters. The summed E-state index contributed by atoms with van der Waals surface area (Å²) < 4.78 is 2.75. The van der Waals surface area contributed by atoms with Crippen molar-refractivity contribution in [3.05, 3.63) is 53.0 Å². The Morgan fingerprint density at radius 3 is 2.68 bits per heavy atom. The summed E-state index contributed by atoms with van der Waals surface area (Å²) >= 11 is 1.25. The molecule has 0 aliphatic heterocycles. The van der Waals surface area contributed by atoms with Gasteiger partial charge in [0.05, 0.1) is 21.5 Å². The van der Waals surface area contributed by atoms with E-state index in [0.29, 0.717) is 17.5 Å². The fourth-order valence-electron chi connectivity index (χ4n) is 2.53. The number of fused-ring (bicyclic) bond motifs is 1. The number of nitriles is 1. The average Bonchev–Trinajstić information content (AvgIpc) is 2.88. The molecular formula is C17H15N3OS. The number of thiophene rings is 1. The first-order valence-electron chi connectivity index (χ1n) is 7.00. The molecular weight excluding hydrogens is 294 g/mol. The van der Waals surface area contributed by atoms with Crippen molar-refractivity contribution in [2.24, 2.45) is 12.0 Å². The van der Waals surface area contributed by atoms with E-state index >= 15 is 0 Å². The lowest BCUT2D eigenvalue weighted by molar-refractivity contribution is 0.485. The summed E-state index contributed by atoms with van der Waals surface area (Å²) in [4.78, 5) is 4.62. The SMILES string of the molecule is CCc1c(O)sc2c(C#N)cc(=Nc3ccccc3)n(C)c12. The largest absolute Gasteiger partial charge is 0.499 e. The number of aromatic nitrogens is 1. The molecule has 0 unspecified atom stereocenters. The van der Waals surface area contributed by atoms with Crippen molar-refractivity contribution in [2.75, 3.05) is 0 Å². The Labute approximate surface area is 132 Å². The number of para-hydroxylation sites is 1. The van der Waals surface area contributed by atoms with Gasteiger partial charge in [-0.25, -0.2) is 4.99 Å². The molecule has 0 spiro atoms. The minimum Gasteiger partial charge on any atom is -0.499 e. The van der Waals surface area contributed by atoms with Crippen LogP contribution in [0.1, 0.15) is 18.1 Å². The van der Waals surface area contributed by atoms with Crippen molar-refractivity contribution in [1.29, 1.82) is 5.26 Å². The van der Waals surface area contributed by atoms with Gasteiger partial charge in [-0.15, -0.1) is 0 Å². The molecule has 4 nitrogen and oxygen atoms in total. The third-order valence-corrected chi connectivity index (χ3v) is 4.69. The Morgan fingerprint density at radius 2 is 2.05 bits per heavy atom. The van der Waals surface area contributed by atoms with Crippen LogP contribution in [-0.4, -0.2) is 9.67 Å². The fourth-order valence-corrected chi connectivity index (χ4v) is 3.66. The normalized spacial score (nSPS) is 11.8. The van der Waals surface area contributed by atoms with E-state index < -0.39 is 0 Å². The van der Waals surface area contributed by atoms with Gasteiger partial charge in [0.25, 0.3) is 0 Å². The van der Waals surface area contributed by atoms with E-state index in [0.717, 1.165) is 21.5 Å². The van der Waals surface area contributed by atoms with Crippen molar-refractivity contribution in [2.45, 2.75) is 13.3 Å². The first-order valence-corrected chi connectivity index (χ1v) is 7.81. The number of rotatable bonds is 2. The summed E-state index contributed by atoms with van der Waals surface area (Å²) in [5.41, 5.74) is 3.83. The van der Waals surface area contributed by atoms with E-state index in [4.69, 9.17) is 0 Å². The summed E-state index contributed by atoms with van der Waals surface area (Å²) in [7, 11) is 1.91. The average molecular weight is 309 g/mol. The molecule has 1 aromatic carbocycles. The molecule has 110 valence electrons. The molecule has 22 heavy (non-hydrogen) atoms. The summed E-state index contributed by atoms with van der Waals surface area (Å²) in [5, 5.41) is 19.8. The van der Waals surface area contributed by atoms with E-state index in [1.165, 1.54) is 11.3 Å². The number of benzene rings is 1. The smallest absolute Gasteiger partial charge is 0.177 e. The van der Waals surface area contributed by atoms with E-state index in [9.17, 15) is 10.4 Å². The first kappa shape index (κ1) is 14.4. The fraction of sp³-hybridized carbons (Fsp3) is 0.176. The zero-order valence-corrected chi connectivity index (χ0v) is 13.2. The summed E-state index contributed by atoms with van der Waals surface area (Å²) in [6.45, 7) is 1.99. The lowest BCUT2D eigenvalue weighted by Gasteiger charge is -2.06. The van der Waals surface area contributed by atoms with Crippen LogP contribution in [0.15, 0.2) is 41.4 Å². The van der Waals surface area contributed by atoms with Gasteiger partial charge in [0.1, 0.15) is 11.6 Å². The topological polar surface area (TPSA) is 61.3 Å². The molecule has 5 heteroatoms. The number of pyridine rings is 1. The maximum absolute atomic E-state index is 10.1. The van der Waals surface area contributed by atoms with Crippen molar-refractivity contribution in [1.82, 2.24) is 4.57 Å². The molecule has 0 bridgehead atoms. The van der Waals surface area contributed by atoms with Crippen LogP contribution >= 0.6 is 11.3 Å². The summed E-state index contributed by atoms with van der Waals surface area (Å²) in [6.07, 6.45) is 0.708. The molecule has 0 amide bonds. The Morgan fingerprint density at radius 1 is 1.32 bits per heavy atom. The van der Waals surface area contributed by atoms with Crippen LogP contribution in [0, 0.1) is 11.3 Å². The molecule has 3 rings (SSSR count). The highest BCUT2D eigenvalue weighted by molar-refractivity contribution is 7.21. The minimum atomic E-state index is 0.279. The molecule has 0 saturated heterocycles. The van der Waals surface area contributed by atoms with E-state index in [2.05, 4.69) is 11.1 Å². The van der Waals surface area contributed by atoms with Crippen molar-refractivity contribution < 1.29 is 5.11 Å². The predicted molar refractivity (Wildman–Crippen MR) is 88.2 cm³/mol. The van der Waals surface area contributed by atoms with Gasteiger partial charge in [-0.2, -0.15) is 5.26 Å². The van der Waals surface area contributed by atoms with Gasteiger partial charge in [0.2, 0.25) is 0 Å². The standard InChI is InChI=1S/C17H15N3OS/c1-3-13-15-16(22-17(13)21)11(10-18)9-14(20(15)2)19-12-7-5-4-6-8-12/h4-9,21H,3H2,1-2H3. The van der Waals surface area contributed by atoms with Crippen LogP contribution in [0.5, 0.6) is 5.06 Å². The van der Waals surface area contributed by atoms with Gasteiger partial charge in [-0.3, -0.25) is 0 Å². The maximum Gasteiger partial charge on any atom is 0.177 e. The Bertz CT molecular complexity index is 946. The summed E-state index contributed by atoms with van der Waals surface area (Å²) in [6, 6.07) is 13.6. The highest BCUT2D eigenvalue weighted by atomic mass is 32.1. The quantitative estimate of drug-likeness (QED) is 0.786.